The van der Waals surface area contributed by atoms with E-state index < -0.39 is 10.0 Å². The summed E-state index contributed by atoms with van der Waals surface area (Å²) >= 11 is 0. The van der Waals surface area contributed by atoms with E-state index in [4.69, 9.17) is 4.74 Å². The minimum atomic E-state index is -3.75. The van der Waals surface area contributed by atoms with Crippen LogP contribution < -0.4 is 10.0 Å². The van der Waals surface area contributed by atoms with Crippen LogP contribution in [0.1, 0.15) is 12.7 Å². The van der Waals surface area contributed by atoms with E-state index in [2.05, 4.69) is 20.0 Å². The lowest BCUT2D eigenvalue weighted by molar-refractivity contribution is -0.114. The molecule has 2 N–H and O–H groups in total. The molecule has 148 valence electrons. The van der Waals surface area contributed by atoms with Gasteiger partial charge in [0.05, 0.1) is 18.0 Å². The van der Waals surface area contributed by atoms with Crippen molar-refractivity contribution in [2.45, 2.75) is 24.9 Å². The maximum absolute atomic E-state index is 12.6. The minimum Gasteiger partial charge on any atom is -0.383 e. The van der Waals surface area contributed by atoms with Gasteiger partial charge < -0.3 is 14.6 Å². The van der Waals surface area contributed by atoms with Gasteiger partial charge in [0.2, 0.25) is 15.9 Å². The normalized spacial score (nSPS) is 11.6. The first-order chi connectivity index (χ1) is 13.4. The first kappa shape index (κ1) is 19.9. The van der Waals surface area contributed by atoms with E-state index in [0.717, 1.165) is 0 Å². The Labute approximate surface area is 162 Å². The second-order valence-electron chi connectivity index (χ2n) is 6.05. The van der Waals surface area contributed by atoms with Crippen LogP contribution in [0.4, 0.5) is 5.69 Å². The number of nitrogens with one attached hydrogen (secondary N) is 2. The van der Waals surface area contributed by atoms with Crippen molar-refractivity contribution >= 4 is 32.8 Å². The van der Waals surface area contributed by atoms with Gasteiger partial charge in [0.1, 0.15) is 11.3 Å². The molecule has 0 aliphatic carbocycles. The van der Waals surface area contributed by atoms with Crippen LogP contribution in [-0.4, -0.2) is 42.6 Å². The number of aromatic nitrogens is 3. The van der Waals surface area contributed by atoms with Crippen LogP contribution in [0.5, 0.6) is 0 Å². The highest BCUT2D eigenvalue weighted by Gasteiger charge is 2.17. The molecule has 2 heterocycles. The molecule has 0 spiro atoms. The molecular weight excluding hydrogens is 382 g/mol. The molecule has 0 aliphatic heterocycles. The molecule has 0 unspecified atom stereocenters. The van der Waals surface area contributed by atoms with Gasteiger partial charge in [-0.2, -0.15) is 0 Å². The number of ether oxygens (including phenoxy) is 1. The van der Waals surface area contributed by atoms with Gasteiger partial charge in [-0.1, -0.05) is 0 Å². The van der Waals surface area contributed by atoms with Crippen LogP contribution in [0.3, 0.4) is 0 Å². The van der Waals surface area contributed by atoms with Crippen LogP contribution in [0.15, 0.2) is 47.5 Å². The average molecular weight is 403 g/mol. The summed E-state index contributed by atoms with van der Waals surface area (Å²) in [5, 5.41) is 2.60. The summed E-state index contributed by atoms with van der Waals surface area (Å²) in [5.74, 6) is 0.321. The maximum atomic E-state index is 12.6. The molecule has 9 nitrogen and oxygen atoms in total. The molecule has 0 radical (unpaired) electrons. The van der Waals surface area contributed by atoms with E-state index in [0.29, 0.717) is 35.8 Å². The summed E-state index contributed by atoms with van der Waals surface area (Å²) in [5.41, 5.74) is 1.89. The Balaban J connectivity index is 1.79. The van der Waals surface area contributed by atoms with E-state index in [1.54, 1.807) is 19.4 Å². The van der Waals surface area contributed by atoms with Gasteiger partial charge in [0, 0.05) is 32.5 Å². The summed E-state index contributed by atoms with van der Waals surface area (Å²) in [7, 11) is -2.15. The third-order valence-electron chi connectivity index (χ3n) is 4.01. The molecule has 0 saturated heterocycles. The predicted molar refractivity (Wildman–Crippen MR) is 104 cm³/mol. The maximum Gasteiger partial charge on any atom is 0.240 e. The van der Waals surface area contributed by atoms with Gasteiger partial charge in [-0.3, -0.25) is 4.79 Å². The number of hydrogen-bond donors (Lipinski definition) is 2. The van der Waals surface area contributed by atoms with Crippen molar-refractivity contribution in [3.63, 3.8) is 0 Å². The number of fused-ring (bicyclic) bond motifs is 1. The molecule has 3 rings (SSSR count). The van der Waals surface area contributed by atoms with Crippen LogP contribution in [0.25, 0.3) is 11.2 Å². The van der Waals surface area contributed by atoms with Gasteiger partial charge >= 0.3 is 0 Å². The first-order valence-electron chi connectivity index (χ1n) is 8.57. The fourth-order valence-corrected chi connectivity index (χ4v) is 3.70. The summed E-state index contributed by atoms with van der Waals surface area (Å²) in [6, 6.07) is 9.54. The summed E-state index contributed by atoms with van der Waals surface area (Å²) in [4.78, 5) is 20.0. The number of benzene rings is 1. The van der Waals surface area contributed by atoms with Crippen LogP contribution in [0, 0.1) is 0 Å². The minimum absolute atomic E-state index is 0.00978. The Bertz CT molecular complexity index is 1080. The molecule has 1 amide bonds. The van der Waals surface area contributed by atoms with Crippen LogP contribution >= 0.6 is 0 Å². The number of carbonyl (C=O) groups excluding carboxylic acids is 1. The number of rotatable bonds is 8. The molecule has 3 aromatic rings. The molecule has 10 heteroatoms. The lowest BCUT2D eigenvalue weighted by Crippen LogP contribution is -2.25. The zero-order valence-corrected chi connectivity index (χ0v) is 16.4. The number of anilines is 1. The van der Waals surface area contributed by atoms with E-state index in [-0.39, 0.29) is 17.3 Å². The van der Waals surface area contributed by atoms with Crippen LogP contribution in [0.2, 0.25) is 0 Å². The Morgan fingerprint density at radius 3 is 2.64 bits per heavy atom. The molecule has 0 aliphatic rings. The lowest BCUT2D eigenvalue weighted by atomic mass is 10.3. The lowest BCUT2D eigenvalue weighted by Gasteiger charge is -2.10. The SMILES string of the molecule is COCCn1c(CNS(=O)(=O)c2ccc(NC(C)=O)cc2)nc2cccnc21. The Kier molecular flexibility index (Phi) is 6.02. The number of pyridine rings is 1. The predicted octanol–water partition coefficient (Wildman–Crippen LogP) is 1.51. The first-order valence-corrected chi connectivity index (χ1v) is 10.1. The molecule has 0 fully saturated rings. The van der Waals surface area contributed by atoms with E-state index in [1.807, 2.05) is 10.6 Å². The number of carbonyl (C=O) groups is 1. The van der Waals surface area contributed by atoms with Crippen molar-refractivity contribution in [2.75, 3.05) is 19.0 Å². The highest BCUT2D eigenvalue weighted by Crippen LogP contribution is 2.16. The third kappa shape index (κ3) is 4.53. The molecular formula is C18H21N5O4S. The molecule has 28 heavy (non-hydrogen) atoms. The van der Waals surface area contributed by atoms with Gasteiger partial charge in [-0.25, -0.2) is 23.1 Å². The molecule has 0 bridgehead atoms. The Hall–Kier alpha value is -2.82. The van der Waals surface area contributed by atoms with Crippen molar-refractivity contribution in [1.82, 2.24) is 19.3 Å². The molecule has 1 aromatic carbocycles. The summed E-state index contributed by atoms with van der Waals surface area (Å²) in [6.07, 6.45) is 1.66. The standard InChI is InChI=1S/C18H21N5O4S/c1-13(24)21-14-5-7-15(8-6-14)28(25,26)20-12-17-22-16-4-3-9-19-18(16)23(17)10-11-27-2/h3-9,20H,10-12H2,1-2H3,(H,21,24). The fourth-order valence-electron chi connectivity index (χ4n) is 2.72. The number of nitrogens with zero attached hydrogens (tertiary/aromatic N) is 3. The van der Waals surface area contributed by atoms with E-state index in [9.17, 15) is 13.2 Å². The largest absolute Gasteiger partial charge is 0.383 e. The smallest absolute Gasteiger partial charge is 0.240 e. The number of sulfonamides is 1. The highest BCUT2D eigenvalue weighted by atomic mass is 32.2. The van der Waals surface area contributed by atoms with Crippen molar-refractivity contribution in [1.29, 1.82) is 0 Å². The third-order valence-corrected chi connectivity index (χ3v) is 5.42. The van der Waals surface area contributed by atoms with Gasteiger partial charge in [0.15, 0.2) is 5.65 Å². The van der Waals surface area contributed by atoms with E-state index >= 15 is 0 Å². The van der Waals surface area contributed by atoms with Crippen molar-refractivity contribution in [3.05, 3.63) is 48.4 Å². The summed E-state index contributed by atoms with van der Waals surface area (Å²) < 4.78 is 34.7. The quantitative estimate of drug-likeness (QED) is 0.589. The van der Waals surface area contributed by atoms with Crippen molar-refractivity contribution in [3.8, 4) is 0 Å². The number of imidazole rings is 1. The molecule has 0 saturated carbocycles. The Morgan fingerprint density at radius 2 is 1.96 bits per heavy atom. The molecule has 2 aromatic heterocycles. The number of hydrogen-bond acceptors (Lipinski definition) is 6. The monoisotopic (exact) mass is 403 g/mol. The highest BCUT2D eigenvalue weighted by molar-refractivity contribution is 7.89. The zero-order valence-electron chi connectivity index (χ0n) is 15.5. The molecule has 0 atom stereocenters. The summed E-state index contributed by atoms with van der Waals surface area (Å²) in [6.45, 7) is 2.35. The number of amides is 1. The van der Waals surface area contributed by atoms with Crippen molar-refractivity contribution in [2.24, 2.45) is 0 Å². The van der Waals surface area contributed by atoms with Crippen LogP contribution in [-0.2, 0) is 32.6 Å². The van der Waals surface area contributed by atoms with Gasteiger partial charge in [-0.15, -0.1) is 0 Å². The zero-order chi connectivity index (χ0) is 20.1. The van der Waals surface area contributed by atoms with Gasteiger partial charge in [0.25, 0.3) is 0 Å². The van der Waals surface area contributed by atoms with E-state index in [1.165, 1.54) is 31.2 Å². The topological polar surface area (TPSA) is 115 Å². The second-order valence-corrected chi connectivity index (χ2v) is 7.82. The van der Waals surface area contributed by atoms with Gasteiger partial charge in [-0.05, 0) is 36.4 Å². The van der Waals surface area contributed by atoms with Crippen molar-refractivity contribution < 1.29 is 17.9 Å². The number of methoxy groups -OCH3 is 1. The average Bonchev–Trinajstić information content (AvgIpc) is 3.02. The fraction of sp³-hybridized carbons (Fsp3) is 0.278. The second kappa shape index (κ2) is 8.46. The Morgan fingerprint density at radius 1 is 1.21 bits per heavy atom.